The van der Waals surface area contributed by atoms with Crippen LogP contribution in [-0.4, -0.2) is 59.9 Å². The Balaban J connectivity index is 1.38. The fourth-order valence-electron chi connectivity index (χ4n) is 3.56. The highest BCUT2D eigenvalue weighted by Crippen LogP contribution is 2.24. The average Bonchev–Trinajstić information content (AvgIpc) is 3.42. The molecule has 3 aromatic heterocycles. The number of hydrogen-bond acceptors (Lipinski definition) is 6. The van der Waals surface area contributed by atoms with Gasteiger partial charge in [-0.3, -0.25) is 4.79 Å². The highest BCUT2D eigenvalue weighted by molar-refractivity contribution is 5.92. The minimum absolute atomic E-state index is 0.209. The lowest BCUT2D eigenvalue weighted by molar-refractivity contribution is -0.0259. The second-order valence-electron chi connectivity index (χ2n) is 7.03. The van der Waals surface area contributed by atoms with Crippen LogP contribution in [0.25, 0.3) is 11.5 Å². The van der Waals surface area contributed by atoms with Crippen molar-refractivity contribution in [3.63, 3.8) is 0 Å². The second-order valence-corrected chi connectivity index (χ2v) is 7.03. The third-order valence-corrected chi connectivity index (χ3v) is 4.97. The van der Waals surface area contributed by atoms with Crippen molar-refractivity contribution in [3.8, 4) is 5.69 Å². The van der Waals surface area contributed by atoms with Crippen LogP contribution < -0.4 is 0 Å². The van der Waals surface area contributed by atoms with Crippen molar-refractivity contribution in [2.75, 3.05) is 19.7 Å². The Bertz CT molecular complexity index is 1230. The summed E-state index contributed by atoms with van der Waals surface area (Å²) >= 11 is 0. The zero-order valence-electron chi connectivity index (χ0n) is 16.1. The summed E-state index contributed by atoms with van der Waals surface area (Å²) in [6.45, 7) is 3.07. The molecule has 1 atom stereocenters. The van der Waals surface area contributed by atoms with E-state index in [9.17, 15) is 9.18 Å². The highest BCUT2D eigenvalue weighted by Gasteiger charge is 2.29. The maximum absolute atomic E-state index is 13.5. The summed E-state index contributed by atoms with van der Waals surface area (Å²) in [5.74, 6) is -0.0797. The van der Waals surface area contributed by atoms with Crippen LogP contribution in [0.1, 0.15) is 28.0 Å². The number of ether oxygens (including phenoxy) is 1. The van der Waals surface area contributed by atoms with Crippen molar-refractivity contribution in [1.29, 1.82) is 0 Å². The summed E-state index contributed by atoms with van der Waals surface area (Å²) in [5.41, 5.74) is 2.43. The first-order valence-electron chi connectivity index (χ1n) is 9.48. The lowest BCUT2D eigenvalue weighted by Gasteiger charge is -2.32. The van der Waals surface area contributed by atoms with Gasteiger partial charge in [0, 0.05) is 18.4 Å². The van der Waals surface area contributed by atoms with Crippen molar-refractivity contribution in [1.82, 2.24) is 34.3 Å². The quantitative estimate of drug-likeness (QED) is 0.516. The van der Waals surface area contributed by atoms with Gasteiger partial charge in [-0.15, -0.1) is 0 Å². The van der Waals surface area contributed by atoms with Gasteiger partial charge in [0.05, 0.1) is 24.5 Å². The number of aromatic nitrogens is 6. The first-order valence-corrected chi connectivity index (χ1v) is 9.48. The molecule has 1 saturated heterocycles. The Labute approximate surface area is 170 Å². The number of aryl methyl sites for hydroxylation is 1. The molecule has 0 radical (unpaired) electrons. The lowest BCUT2D eigenvalue weighted by Crippen LogP contribution is -2.43. The Morgan fingerprint density at radius 2 is 2.17 bits per heavy atom. The molecule has 0 saturated carbocycles. The van der Waals surface area contributed by atoms with E-state index in [0.717, 1.165) is 11.4 Å². The molecular weight excluding hydrogens is 389 g/mol. The van der Waals surface area contributed by atoms with E-state index < -0.39 is 0 Å². The Morgan fingerprint density at radius 1 is 1.27 bits per heavy atom. The normalized spacial score (nSPS) is 16.9. The van der Waals surface area contributed by atoms with Crippen LogP contribution in [0.5, 0.6) is 0 Å². The number of hydrogen-bond donors (Lipinski definition) is 0. The van der Waals surface area contributed by atoms with Gasteiger partial charge < -0.3 is 9.64 Å². The molecule has 1 aliphatic rings. The van der Waals surface area contributed by atoms with Gasteiger partial charge in [0.1, 0.15) is 18.2 Å². The predicted molar refractivity (Wildman–Crippen MR) is 104 cm³/mol. The number of carbonyl (C=O) groups is 1. The van der Waals surface area contributed by atoms with E-state index in [0.29, 0.717) is 31.2 Å². The zero-order chi connectivity index (χ0) is 20.7. The van der Waals surface area contributed by atoms with Crippen LogP contribution in [0.2, 0.25) is 0 Å². The fourth-order valence-corrected chi connectivity index (χ4v) is 3.56. The molecule has 10 heteroatoms. The van der Waals surface area contributed by atoms with Gasteiger partial charge in [-0.2, -0.15) is 19.7 Å². The maximum atomic E-state index is 13.5. The summed E-state index contributed by atoms with van der Waals surface area (Å²) in [6.07, 6.45) is 2.72. The van der Waals surface area contributed by atoms with Crippen LogP contribution in [0.3, 0.4) is 0 Å². The monoisotopic (exact) mass is 407 g/mol. The van der Waals surface area contributed by atoms with Crippen LogP contribution in [0.15, 0.2) is 48.9 Å². The molecule has 1 unspecified atom stereocenters. The van der Waals surface area contributed by atoms with Crippen molar-refractivity contribution >= 4 is 11.7 Å². The van der Waals surface area contributed by atoms with Gasteiger partial charge in [-0.25, -0.2) is 14.1 Å². The Hall–Kier alpha value is -3.66. The molecule has 1 fully saturated rings. The van der Waals surface area contributed by atoms with Gasteiger partial charge in [-0.05, 0) is 37.3 Å². The molecular formula is C20H18FN7O2. The van der Waals surface area contributed by atoms with E-state index in [4.69, 9.17) is 4.74 Å². The molecule has 152 valence electrons. The number of rotatable bonds is 3. The van der Waals surface area contributed by atoms with E-state index in [1.165, 1.54) is 23.1 Å². The molecule has 9 nitrogen and oxygen atoms in total. The second kappa shape index (κ2) is 7.30. The first kappa shape index (κ1) is 18.4. The zero-order valence-corrected chi connectivity index (χ0v) is 16.1. The molecule has 5 rings (SSSR count). The molecule has 0 bridgehead atoms. The van der Waals surface area contributed by atoms with Gasteiger partial charge in [0.15, 0.2) is 5.69 Å². The number of morpholine rings is 1. The molecule has 30 heavy (non-hydrogen) atoms. The third kappa shape index (κ3) is 3.30. The van der Waals surface area contributed by atoms with E-state index in [2.05, 4.69) is 20.2 Å². The number of carbonyl (C=O) groups excluding carboxylic acids is 1. The van der Waals surface area contributed by atoms with Crippen LogP contribution in [-0.2, 0) is 4.74 Å². The van der Waals surface area contributed by atoms with Gasteiger partial charge >= 0.3 is 0 Å². The molecule has 1 aromatic carbocycles. The Morgan fingerprint density at radius 3 is 3.03 bits per heavy atom. The average molecular weight is 407 g/mol. The number of amides is 1. The van der Waals surface area contributed by atoms with Crippen molar-refractivity contribution < 1.29 is 13.9 Å². The van der Waals surface area contributed by atoms with E-state index in [1.807, 2.05) is 13.0 Å². The maximum Gasteiger partial charge on any atom is 0.274 e. The van der Waals surface area contributed by atoms with E-state index in [1.54, 1.807) is 33.8 Å². The molecule has 4 heterocycles. The van der Waals surface area contributed by atoms with Crippen LogP contribution >= 0.6 is 0 Å². The molecule has 1 amide bonds. The number of benzene rings is 1. The molecule has 0 N–H and O–H groups in total. The number of halogens is 1. The van der Waals surface area contributed by atoms with Gasteiger partial charge in [0.2, 0.25) is 0 Å². The summed E-state index contributed by atoms with van der Waals surface area (Å²) < 4.78 is 22.5. The largest absolute Gasteiger partial charge is 0.368 e. The predicted octanol–water partition coefficient (Wildman–Crippen LogP) is 1.97. The van der Waals surface area contributed by atoms with Crippen molar-refractivity contribution in [2.24, 2.45) is 0 Å². The lowest BCUT2D eigenvalue weighted by atomic mass is 10.1. The molecule has 4 aromatic rings. The van der Waals surface area contributed by atoms with Gasteiger partial charge in [0.25, 0.3) is 11.7 Å². The first-order chi connectivity index (χ1) is 14.6. The summed E-state index contributed by atoms with van der Waals surface area (Å²) in [7, 11) is 0. The van der Waals surface area contributed by atoms with Gasteiger partial charge in [-0.1, -0.05) is 6.07 Å². The molecule has 0 aliphatic carbocycles. The smallest absolute Gasteiger partial charge is 0.274 e. The highest BCUT2D eigenvalue weighted by atomic mass is 19.1. The summed E-state index contributed by atoms with van der Waals surface area (Å²) in [6, 6.07) is 9.57. The SMILES string of the molecule is Cc1cc(C2CN(C(=O)c3ccn(-c4cccc(F)c4)n3)CCO2)n2ncnc2n1. The summed E-state index contributed by atoms with van der Waals surface area (Å²) in [5, 5.41) is 8.55. The Kier molecular flexibility index (Phi) is 4.47. The van der Waals surface area contributed by atoms with E-state index >= 15 is 0 Å². The standard InChI is InChI=1S/C20H18FN7O2/c1-13-9-17(28-20(24-13)22-12-23-28)18-11-26(7-8-30-18)19(29)16-5-6-27(25-16)15-4-2-3-14(21)10-15/h2-6,9-10,12,18H,7-8,11H2,1H3. The number of fused-ring (bicyclic) bond motifs is 1. The fraction of sp³-hybridized carbons (Fsp3) is 0.250. The molecule has 0 spiro atoms. The van der Waals surface area contributed by atoms with Crippen molar-refractivity contribution in [2.45, 2.75) is 13.0 Å². The summed E-state index contributed by atoms with van der Waals surface area (Å²) in [4.78, 5) is 23.2. The minimum atomic E-state index is -0.362. The number of nitrogens with zero attached hydrogens (tertiary/aromatic N) is 7. The molecule has 1 aliphatic heterocycles. The minimum Gasteiger partial charge on any atom is -0.368 e. The van der Waals surface area contributed by atoms with Crippen LogP contribution in [0, 0.1) is 12.7 Å². The van der Waals surface area contributed by atoms with Crippen molar-refractivity contribution in [3.05, 3.63) is 71.8 Å². The van der Waals surface area contributed by atoms with E-state index in [-0.39, 0.29) is 23.5 Å². The third-order valence-electron chi connectivity index (χ3n) is 4.97. The van der Waals surface area contributed by atoms with Crippen LogP contribution in [0.4, 0.5) is 4.39 Å². The topological polar surface area (TPSA) is 90.4 Å².